The molecule has 2 aromatic rings. The third kappa shape index (κ3) is 6.41. The molecule has 8 nitrogen and oxygen atoms in total. The molecule has 0 aromatic heterocycles. The molecule has 0 saturated carbocycles. The Hall–Kier alpha value is -2.33. The molecule has 0 aliphatic heterocycles. The first-order chi connectivity index (χ1) is 15.8. The molecule has 0 unspecified atom stereocenters. The van der Waals surface area contributed by atoms with Crippen LogP contribution in [0.1, 0.15) is 23.6 Å². The van der Waals surface area contributed by atoms with Crippen LogP contribution >= 0.6 is 23.2 Å². The highest BCUT2D eigenvalue weighted by Gasteiger charge is 2.33. The van der Waals surface area contributed by atoms with Gasteiger partial charge in [0.25, 0.3) is 0 Å². The summed E-state index contributed by atoms with van der Waals surface area (Å²) in [6.45, 7) is 4.74. The third-order valence-corrected chi connectivity index (χ3v) is 7.95. The first-order valence-electron chi connectivity index (χ1n) is 10.5. The summed E-state index contributed by atoms with van der Waals surface area (Å²) in [6.07, 6.45) is 0. The number of hydrogen-bond acceptors (Lipinski definition) is 4. The van der Waals surface area contributed by atoms with Gasteiger partial charge in [-0.05, 0) is 55.7 Å². The standard InChI is InChI=1S/C23H30Cl2N4O4S/c1-15-7-8-16(2)21(11-15)29(34(32,33)27(5)6)14-22(30)28(17(3)23(31)26-4)13-18-9-10-19(24)20(25)12-18/h7-12,17H,13-14H2,1-6H3,(H,26,31)/t17-/m0/s1. The van der Waals surface area contributed by atoms with Gasteiger partial charge in [0.2, 0.25) is 11.8 Å². The van der Waals surface area contributed by atoms with Crippen molar-refractivity contribution >= 4 is 50.9 Å². The van der Waals surface area contributed by atoms with E-state index in [0.29, 0.717) is 26.9 Å². The monoisotopic (exact) mass is 528 g/mol. The Balaban J connectivity index is 2.52. The molecule has 34 heavy (non-hydrogen) atoms. The van der Waals surface area contributed by atoms with Crippen LogP contribution in [0.4, 0.5) is 5.69 Å². The van der Waals surface area contributed by atoms with Crippen molar-refractivity contribution in [3.8, 4) is 0 Å². The molecule has 0 heterocycles. The lowest BCUT2D eigenvalue weighted by atomic mass is 10.1. The lowest BCUT2D eigenvalue weighted by Gasteiger charge is -2.33. The van der Waals surface area contributed by atoms with Gasteiger partial charge in [0, 0.05) is 27.7 Å². The van der Waals surface area contributed by atoms with Crippen LogP contribution in [-0.4, -0.2) is 63.2 Å². The zero-order chi connectivity index (χ0) is 25.8. The Morgan fingerprint density at radius 3 is 2.24 bits per heavy atom. The second-order valence-corrected chi connectivity index (χ2v) is 11.0. The van der Waals surface area contributed by atoms with E-state index < -0.39 is 28.7 Å². The molecule has 0 fully saturated rings. The van der Waals surface area contributed by atoms with E-state index in [0.717, 1.165) is 14.2 Å². The first kappa shape index (κ1) is 27.9. The molecule has 0 saturated heterocycles. The van der Waals surface area contributed by atoms with Crippen molar-refractivity contribution in [1.82, 2.24) is 14.5 Å². The lowest BCUT2D eigenvalue weighted by Crippen LogP contribution is -2.52. The predicted molar refractivity (Wildman–Crippen MR) is 136 cm³/mol. The maximum atomic E-state index is 13.6. The van der Waals surface area contributed by atoms with Gasteiger partial charge in [-0.15, -0.1) is 0 Å². The Morgan fingerprint density at radius 2 is 1.68 bits per heavy atom. The van der Waals surface area contributed by atoms with Crippen LogP contribution in [0.15, 0.2) is 36.4 Å². The number of nitrogens with one attached hydrogen (secondary N) is 1. The summed E-state index contributed by atoms with van der Waals surface area (Å²) in [5.74, 6) is -0.935. The molecule has 0 spiro atoms. The Kier molecular flexibility index (Phi) is 9.36. The number of likely N-dealkylation sites (N-methyl/N-ethyl adjacent to an activating group) is 1. The highest BCUT2D eigenvalue weighted by atomic mass is 35.5. The van der Waals surface area contributed by atoms with Gasteiger partial charge in [0.05, 0.1) is 15.7 Å². The molecule has 0 aliphatic rings. The Bertz CT molecular complexity index is 1170. The van der Waals surface area contributed by atoms with Crippen molar-refractivity contribution in [2.24, 2.45) is 0 Å². The average molecular weight is 529 g/mol. The molecule has 2 amide bonds. The molecule has 2 rings (SSSR count). The summed E-state index contributed by atoms with van der Waals surface area (Å²) >= 11 is 12.1. The van der Waals surface area contributed by atoms with E-state index in [1.54, 1.807) is 44.2 Å². The fraction of sp³-hybridized carbons (Fsp3) is 0.391. The van der Waals surface area contributed by atoms with Crippen molar-refractivity contribution < 1.29 is 18.0 Å². The average Bonchev–Trinajstić information content (AvgIpc) is 2.78. The van der Waals surface area contributed by atoms with Gasteiger partial charge in [0.1, 0.15) is 12.6 Å². The third-order valence-electron chi connectivity index (χ3n) is 5.40. The largest absolute Gasteiger partial charge is 0.357 e. The number of carbonyl (C=O) groups is 2. The van der Waals surface area contributed by atoms with E-state index in [-0.39, 0.29) is 12.5 Å². The van der Waals surface area contributed by atoms with Crippen LogP contribution in [0.25, 0.3) is 0 Å². The minimum absolute atomic E-state index is 0.0347. The molecular formula is C23H30Cl2N4O4S. The normalized spacial score (nSPS) is 12.4. The number of amides is 2. The maximum absolute atomic E-state index is 13.6. The van der Waals surface area contributed by atoms with Crippen molar-refractivity contribution in [1.29, 1.82) is 0 Å². The van der Waals surface area contributed by atoms with E-state index >= 15 is 0 Å². The quantitative estimate of drug-likeness (QED) is 0.540. The number of halogens is 2. The molecule has 0 aliphatic carbocycles. The minimum atomic E-state index is -4.02. The van der Waals surface area contributed by atoms with Gasteiger partial charge in [-0.3, -0.25) is 9.59 Å². The summed E-state index contributed by atoms with van der Waals surface area (Å²) in [4.78, 5) is 27.3. The highest BCUT2D eigenvalue weighted by molar-refractivity contribution is 7.90. The van der Waals surface area contributed by atoms with E-state index in [2.05, 4.69) is 5.32 Å². The van der Waals surface area contributed by atoms with Crippen LogP contribution in [0.3, 0.4) is 0 Å². The molecule has 186 valence electrons. The van der Waals surface area contributed by atoms with Crippen LogP contribution in [0.2, 0.25) is 10.0 Å². The van der Waals surface area contributed by atoms with Gasteiger partial charge >= 0.3 is 10.2 Å². The van der Waals surface area contributed by atoms with Crippen molar-refractivity contribution in [3.05, 3.63) is 63.1 Å². The highest BCUT2D eigenvalue weighted by Crippen LogP contribution is 2.27. The van der Waals surface area contributed by atoms with Crippen LogP contribution < -0.4 is 9.62 Å². The first-order valence-corrected chi connectivity index (χ1v) is 12.7. The van der Waals surface area contributed by atoms with Crippen molar-refractivity contribution in [2.75, 3.05) is 32.0 Å². The van der Waals surface area contributed by atoms with Crippen molar-refractivity contribution in [2.45, 2.75) is 33.4 Å². The zero-order valence-corrected chi connectivity index (χ0v) is 22.4. The fourth-order valence-corrected chi connectivity index (χ4v) is 4.75. The van der Waals surface area contributed by atoms with Gasteiger partial charge in [0.15, 0.2) is 0 Å². The number of benzene rings is 2. The van der Waals surface area contributed by atoms with E-state index in [4.69, 9.17) is 23.2 Å². The molecular weight excluding hydrogens is 499 g/mol. The number of aryl methyl sites for hydroxylation is 2. The lowest BCUT2D eigenvalue weighted by molar-refractivity contribution is -0.139. The summed E-state index contributed by atoms with van der Waals surface area (Å²) < 4.78 is 28.6. The second-order valence-electron chi connectivity index (χ2n) is 8.15. The van der Waals surface area contributed by atoms with Gasteiger partial charge in [-0.1, -0.05) is 41.4 Å². The SMILES string of the molecule is CNC(=O)[C@H](C)N(Cc1ccc(Cl)c(Cl)c1)C(=O)CN(c1cc(C)ccc1C)S(=O)(=O)N(C)C. The smallest absolute Gasteiger partial charge is 0.304 e. The molecule has 11 heteroatoms. The molecule has 1 N–H and O–H groups in total. The van der Waals surface area contributed by atoms with E-state index in [1.165, 1.54) is 26.0 Å². The van der Waals surface area contributed by atoms with Gasteiger partial charge in [-0.25, -0.2) is 4.31 Å². The van der Waals surface area contributed by atoms with Crippen molar-refractivity contribution in [3.63, 3.8) is 0 Å². The van der Waals surface area contributed by atoms with Crippen LogP contribution in [0.5, 0.6) is 0 Å². The zero-order valence-electron chi connectivity index (χ0n) is 20.1. The number of rotatable bonds is 9. The molecule has 2 aromatic carbocycles. The molecule has 1 atom stereocenters. The minimum Gasteiger partial charge on any atom is -0.357 e. The fourth-order valence-electron chi connectivity index (χ4n) is 3.32. The topological polar surface area (TPSA) is 90.0 Å². The van der Waals surface area contributed by atoms with Crippen LogP contribution in [0, 0.1) is 13.8 Å². The Labute approximate surface area is 211 Å². The predicted octanol–water partition coefficient (Wildman–Crippen LogP) is 3.39. The number of carbonyl (C=O) groups excluding carboxylic acids is 2. The number of anilines is 1. The molecule has 0 bridgehead atoms. The number of nitrogens with zero attached hydrogens (tertiary/aromatic N) is 3. The summed E-state index contributed by atoms with van der Waals surface area (Å²) in [7, 11) is 0.258. The van der Waals surface area contributed by atoms with E-state index in [9.17, 15) is 18.0 Å². The maximum Gasteiger partial charge on any atom is 0.304 e. The summed E-state index contributed by atoms with van der Waals surface area (Å²) in [5, 5.41) is 3.21. The molecule has 0 radical (unpaired) electrons. The summed E-state index contributed by atoms with van der Waals surface area (Å²) in [6, 6.07) is 9.43. The number of hydrogen-bond donors (Lipinski definition) is 1. The second kappa shape index (κ2) is 11.4. The Morgan fingerprint density at radius 1 is 1.03 bits per heavy atom. The van der Waals surface area contributed by atoms with Gasteiger partial charge < -0.3 is 10.2 Å². The van der Waals surface area contributed by atoms with E-state index in [1.807, 2.05) is 13.0 Å². The van der Waals surface area contributed by atoms with Gasteiger partial charge in [-0.2, -0.15) is 12.7 Å². The van der Waals surface area contributed by atoms with Crippen LogP contribution in [-0.2, 0) is 26.3 Å². The summed E-state index contributed by atoms with van der Waals surface area (Å²) in [5.41, 5.74) is 2.58.